The number of aliphatic hydroxyl groups is 1. The smallest absolute Gasteiger partial charge is 0.160 e. The number of anilines is 1. The van der Waals surface area contributed by atoms with Crippen molar-refractivity contribution in [2.24, 2.45) is 10.2 Å². The maximum Gasteiger partial charge on any atom is 0.160 e. The Balaban J connectivity index is 2.07. The lowest BCUT2D eigenvalue weighted by Gasteiger charge is -2.23. The summed E-state index contributed by atoms with van der Waals surface area (Å²) in [5, 5.41) is 17.9. The first-order chi connectivity index (χ1) is 8.95. The van der Waals surface area contributed by atoms with Crippen molar-refractivity contribution >= 4 is 11.5 Å². The molecule has 102 valence electrons. The van der Waals surface area contributed by atoms with Gasteiger partial charge in [0.1, 0.15) is 12.4 Å². The van der Waals surface area contributed by atoms with Crippen LogP contribution in [0.4, 0.5) is 11.5 Å². The van der Waals surface area contributed by atoms with Crippen molar-refractivity contribution in [2.45, 2.75) is 45.3 Å². The maximum absolute atomic E-state index is 9.70. The van der Waals surface area contributed by atoms with Crippen LogP contribution in [0.2, 0.25) is 0 Å². The number of nitrogens with zero attached hydrogens (tertiary/aromatic N) is 5. The Morgan fingerprint density at radius 2 is 2.05 bits per heavy atom. The molecular formula is C13H19N5O. The van der Waals surface area contributed by atoms with Gasteiger partial charge in [0.2, 0.25) is 0 Å². The van der Waals surface area contributed by atoms with Gasteiger partial charge in [-0.05, 0) is 6.42 Å². The van der Waals surface area contributed by atoms with Gasteiger partial charge in [0.15, 0.2) is 11.5 Å². The lowest BCUT2D eigenvalue weighted by atomic mass is 9.95. The van der Waals surface area contributed by atoms with Crippen LogP contribution in [-0.2, 0) is 12.0 Å². The van der Waals surface area contributed by atoms with Gasteiger partial charge in [0, 0.05) is 18.5 Å². The largest absolute Gasteiger partial charge is 0.391 e. The predicted molar refractivity (Wildman–Crippen MR) is 71.8 cm³/mol. The van der Waals surface area contributed by atoms with Gasteiger partial charge in [-0.15, -0.1) is 5.11 Å². The van der Waals surface area contributed by atoms with E-state index in [2.05, 4.69) is 45.9 Å². The lowest BCUT2D eigenvalue weighted by Crippen LogP contribution is -2.25. The van der Waals surface area contributed by atoms with Gasteiger partial charge in [-0.1, -0.05) is 20.8 Å². The summed E-state index contributed by atoms with van der Waals surface area (Å²) in [6, 6.07) is 0. The highest BCUT2D eigenvalue weighted by atomic mass is 16.3. The van der Waals surface area contributed by atoms with Crippen LogP contribution < -0.4 is 4.90 Å². The predicted octanol–water partition coefficient (Wildman–Crippen LogP) is 1.94. The summed E-state index contributed by atoms with van der Waals surface area (Å²) >= 11 is 0. The third-order valence-corrected chi connectivity index (χ3v) is 3.46. The van der Waals surface area contributed by atoms with Crippen LogP contribution >= 0.6 is 0 Å². The van der Waals surface area contributed by atoms with E-state index >= 15 is 0 Å². The van der Waals surface area contributed by atoms with E-state index in [0.717, 1.165) is 36.0 Å². The van der Waals surface area contributed by atoms with Crippen molar-refractivity contribution in [1.29, 1.82) is 0 Å². The monoisotopic (exact) mass is 261 g/mol. The molecule has 6 nitrogen and oxygen atoms in total. The Morgan fingerprint density at radius 1 is 1.26 bits per heavy atom. The number of hydrogen-bond donors (Lipinski definition) is 1. The van der Waals surface area contributed by atoms with Gasteiger partial charge in [0.05, 0.1) is 11.8 Å². The first kappa shape index (κ1) is 12.5. The van der Waals surface area contributed by atoms with Crippen LogP contribution in [0.1, 0.15) is 38.7 Å². The van der Waals surface area contributed by atoms with Gasteiger partial charge in [-0.25, -0.2) is 9.97 Å². The number of aliphatic hydroxyl groups excluding tert-OH is 1. The molecule has 0 saturated carbocycles. The molecule has 0 aliphatic carbocycles. The first-order valence-electron chi connectivity index (χ1n) is 6.67. The number of hydrogen-bond acceptors (Lipinski definition) is 6. The minimum atomic E-state index is -0.276. The van der Waals surface area contributed by atoms with Crippen molar-refractivity contribution < 1.29 is 5.11 Å². The van der Waals surface area contributed by atoms with E-state index in [4.69, 9.17) is 0 Å². The molecule has 0 unspecified atom stereocenters. The number of rotatable bonds is 1. The Morgan fingerprint density at radius 3 is 2.68 bits per heavy atom. The molecule has 2 aliphatic rings. The zero-order chi connectivity index (χ0) is 13.6. The van der Waals surface area contributed by atoms with Gasteiger partial charge in [-0.2, -0.15) is 5.11 Å². The van der Waals surface area contributed by atoms with Gasteiger partial charge in [-0.3, -0.25) is 0 Å². The third kappa shape index (κ3) is 2.20. The van der Waals surface area contributed by atoms with Crippen LogP contribution in [0.3, 0.4) is 0 Å². The Bertz CT molecular complexity index is 535. The molecule has 1 aromatic rings. The highest BCUT2D eigenvalue weighted by Crippen LogP contribution is 2.37. The van der Waals surface area contributed by atoms with E-state index in [-0.39, 0.29) is 11.5 Å². The van der Waals surface area contributed by atoms with E-state index in [1.165, 1.54) is 0 Å². The molecule has 0 radical (unpaired) electrons. The molecule has 0 aromatic carbocycles. The minimum absolute atomic E-state index is 0.106. The molecule has 6 heteroatoms. The average Bonchev–Trinajstić information content (AvgIpc) is 2.94. The van der Waals surface area contributed by atoms with E-state index in [0.29, 0.717) is 13.1 Å². The quantitative estimate of drug-likeness (QED) is 0.838. The SMILES string of the molecule is CC(C)(C)c1nc2c(c(N3CC[C@H](O)C3)n1)N=NC2. The van der Waals surface area contributed by atoms with E-state index < -0.39 is 0 Å². The Hall–Kier alpha value is -1.56. The molecule has 2 aliphatic heterocycles. The molecule has 1 saturated heterocycles. The zero-order valence-corrected chi connectivity index (χ0v) is 11.6. The second kappa shape index (κ2) is 4.23. The molecule has 3 rings (SSSR count). The van der Waals surface area contributed by atoms with Crippen LogP contribution in [0, 0.1) is 0 Å². The summed E-state index contributed by atoms with van der Waals surface area (Å²) in [6.07, 6.45) is 0.503. The number of fused-ring (bicyclic) bond motifs is 1. The third-order valence-electron chi connectivity index (χ3n) is 3.46. The number of azo groups is 1. The summed E-state index contributed by atoms with van der Waals surface area (Å²) in [5.41, 5.74) is 1.57. The fourth-order valence-corrected chi connectivity index (χ4v) is 2.36. The molecule has 1 aromatic heterocycles. The molecule has 0 amide bonds. The first-order valence-corrected chi connectivity index (χ1v) is 6.67. The van der Waals surface area contributed by atoms with Crippen molar-refractivity contribution in [2.75, 3.05) is 18.0 Å². The lowest BCUT2D eigenvalue weighted by molar-refractivity contribution is 0.198. The van der Waals surface area contributed by atoms with Gasteiger partial charge < -0.3 is 10.0 Å². The molecule has 1 N–H and O–H groups in total. The summed E-state index contributed by atoms with van der Waals surface area (Å²) in [4.78, 5) is 11.4. The van der Waals surface area contributed by atoms with Crippen molar-refractivity contribution in [3.05, 3.63) is 11.5 Å². The van der Waals surface area contributed by atoms with Crippen LogP contribution in [0.25, 0.3) is 0 Å². The van der Waals surface area contributed by atoms with E-state index in [9.17, 15) is 5.11 Å². The second-order valence-electron chi connectivity index (χ2n) is 6.20. The summed E-state index contributed by atoms with van der Waals surface area (Å²) < 4.78 is 0. The molecule has 0 bridgehead atoms. The fourth-order valence-electron chi connectivity index (χ4n) is 2.36. The van der Waals surface area contributed by atoms with Gasteiger partial charge in [0.25, 0.3) is 0 Å². The summed E-state index contributed by atoms with van der Waals surface area (Å²) in [7, 11) is 0. The van der Waals surface area contributed by atoms with Crippen LogP contribution in [0.5, 0.6) is 0 Å². The van der Waals surface area contributed by atoms with Crippen LogP contribution in [0.15, 0.2) is 10.2 Å². The number of β-amino-alcohol motifs (C(OH)–C–C–N with tert-alkyl or cyclic N) is 1. The normalized spacial score (nSPS) is 22.1. The number of aromatic nitrogens is 2. The van der Waals surface area contributed by atoms with Crippen LogP contribution in [-0.4, -0.2) is 34.3 Å². The average molecular weight is 261 g/mol. The Kier molecular flexibility index (Phi) is 2.78. The minimum Gasteiger partial charge on any atom is -0.391 e. The molecule has 3 heterocycles. The fraction of sp³-hybridized carbons (Fsp3) is 0.692. The Labute approximate surface area is 112 Å². The summed E-state index contributed by atoms with van der Waals surface area (Å²) in [6.45, 7) is 8.25. The van der Waals surface area contributed by atoms with E-state index in [1.807, 2.05) is 0 Å². The maximum atomic E-state index is 9.70. The molecule has 1 fully saturated rings. The zero-order valence-electron chi connectivity index (χ0n) is 11.6. The summed E-state index contributed by atoms with van der Waals surface area (Å²) in [5.74, 6) is 1.64. The topological polar surface area (TPSA) is 74.0 Å². The van der Waals surface area contributed by atoms with Crippen molar-refractivity contribution in [3.8, 4) is 0 Å². The molecular weight excluding hydrogens is 242 g/mol. The van der Waals surface area contributed by atoms with Crippen molar-refractivity contribution in [3.63, 3.8) is 0 Å². The standard InChI is InChI=1S/C13H19N5O/c1-13(2,3)12-15-9-6-14-17-10(9)11(16-12)18-5-4-8(19)7-18/h8,19H,4-7H2,1-3H3/t8-/m0/s1. The van der Waals surface area contributed by atoms with E-state index in [1.54, 1.807) is 0 Å². The second-order valence-corrected chi connectivity index (χ2v) is 6.20. The van der Waals surface area contributed by atoms with Gasteiger partial charge >= 0.3 is 0 Å². The highest BCUT2D eigenvalue weighted by Gasteiger charge is 2.30. The van der Waals surface area contributed by atoms with Crippen molar-refractivity contribution in [1.82, 2.24) is 9.97 Å². The molecule has 1 atom stereocenters. The highest BCUT2D eigenvalue weighted by molar-refractivity contribution is 5.66. The molecule has 0 spiro atoms. The molecule has 19 heavy (non-hydrogen) atoms.